The Hall–Kier alpha value is -3.20. The number of imidazole rings is 1. The van der Waals surface area contributed by atoms with Crippen LogP contribution < -0.4 is 0 Å². The van der Waals surface area contributed by atoms with Crippen molar-refractivity contribution in [3.63, 3.8) is 0 Å². The lowest BCUT2D eigenvalue weighted by Gasteiger charge is -2.19. The van der Waals surface area contributed by atoms with Crippen LogP contribution in [0.5, 0.6) is 0 Å². The molecule has 0 fully saturated rings. The van der Waals surface area contributed by atoms with Gasteiger partial charge in [0.25, 0.3) is 0 Å². The summed E-state index contributed by atoms with van der Waals surface area (Å²) in [5, 5.41) is 0. The molecular formula is C22H18N2O. The number of para-hydroxylation sites is 2. The minimum atomic E-state index is -0.0821. The Balaban J connectivity index is 1.76. The molecule has 0 aliphatic rings. The summed E-state index contributed by atoms with van der Waals surface area (Å²) in [7, 11) is 0. The molecule has 0 aliphatic carbocycles. The number of carbonyl (C=O) groups is 1. The Kier molecular flexibility index (Phi) is 4.13. The molecule has 4 aromatic rings. The average Bonchev–Trinajstić information content (AvgIpc) is 3.11. The lowest BCUT2D eigenvalue weighted by molar-refractivity contribution is 0.0970. The van der Waals surface area contributed by atoms with Crippen molar-refractivity contribution in [2.45, 2.75) is 12.5 Å². The highest BCUT2D eigenvalue weighted by molar-refractivity contribution is 5.96. The van der Waals surface area contributed by atoms with E-state index in [1.165, 1.54) is 0 Å². The van der Waals surface area contributed by atoms with Gasteiger partial charge in [0.1, 0.15) is 0 Å². The second kappa shape index (κ2) is 6.73. The molecule has 1 atom stereocenters. The molecule has 3 nitrogen and oxygen atoms in total. The van der Waals surface area contributed by atoms with Crippen molar-refractivity contribution in [3.8, 4) is 0 Å². The van der Waals surface area contributed by atoms with Gasteiger partial charge in [-0.3, -0.25) is 4.79 Å². The van der Waals surface area contributed by atoms with Crippen molar-refractivity contribution < 1.29 is 4.79 Å². The van der Waals surface area contributed by atoms with Crippen molar-refractivity contribution in [1.29, 1.82) is 0 Å². The van der Waals surface area contributed by atoms with E-state index in [2.05, 4.69) is 21.7 Å². The van der Waals surface area contributed by atoms with Crippen LogP contribution in [0.1, 0.15) is 28.4 Å². The van der Waals surface area contributed by atoms with Crippen LogP contribution in [0, 0.1) is 0 Å². The monoisotopic (exact) mass is 326 g/mol. The van der Waals surface area contributed by atoms with Crippen molar-refractivity contribution in [3.05, 3.63) is 102 Å². The molecule has 0 bridgehead atoms. The summed E-state index contributed by atoms with van der Waals surface area (Å²) in [6.45, 7) is 0. The largest absolute Gasteiger partial charge is 0.322 e. The molecule has 1 heterocycles. The van der Waals surface area contributed by atoms with Gasteiger partial charge in [-0.2, -0.15) is 0 Å². The zero-order chi connectivity index (χ0) is 17.1. The molecule has 0 amide bonds. The molecule has 3 heteroatoms. The van der Waals surface area contributed by atoms with Gasteiger partial charge >= 0.3 is 0 Å². The van der Waals surface area contributed by atoms with Crippen molar-refractivity contribution >= 4 is 16.8 Å². The number of fused-ring (bicyclic) bond motifs is 1. The third-order valence-electron chi connectivity index (χ3n) is 4.48. The van der Waals surface area contributed by atoms with Crippen LogP contribution >= 0.6 is 0 Å². The van der Waals surface area contributed by atoms with Gasteiger partial charge in [-0.05, 0) is 17.7 Å². The maximum absolute atomic E-state index is 12.8. The van der Waals surface area contributed by atoms with E-state index >= 15 is 0 Å². The highest BCUT2D eigenvalue weighted by atomic mass is 16.1. The Labute approximate surface area is 146 Å². The van der Waals surface area contributed by atoms with Gasteiger partial charge in [0.05, 0.1) is 23.4 Å². The first-order valence-electron chi connectivity index (χ1n) is 8.38. The number of benzene rings is 3. The predicted octanol–water partition coefficient (Wildman–Crippen LogP) is 4.90. The number of aromatic nitrogens is 2. The maximum Gasteiger partial charge on any atom is 0.165 e. The third-order valence-corrected chi connectivity index (χ3v) is 4.48. The number of Topliss-reactive ketones (excluding diaryl/α,β-unsaturated/α-hetero) is 1. The molecule has 0 saturated heterocycles. The number of hydrogen-bond acceptors (Lipinski definition) is 2. The molecule has 3 aromatic carbocycles. The van der Waals surface area contributed by atoms with E-state index in [9.17, 15) is 4.79 Å². The first kappa shape index (κ1) is 15.3. The number of carbonyl (C=O) groups excluding carboxylic acids is 1. The number of rotatable bonds is 5. The molecule has 0 N–H and O–H groups in total. The summed E-state index contributed by atoms with van der Waals surface area (Å²) in [4.78, 5) is 17.3. The lowest BCUT2D eigenvalue weighted by Crippen LogP contribution is -2.15. The summed E-state index contributed by atoms with van der Waals surface area (Å²) in [6.07, 6.45) is 2.23. The first-order valence-corrected chi connectivity index (χ1v) is 8.38. The van der Waals surface area contributed by atoms with Gasteiger partial charge < -0.3 is 4.57 Å². The summed E-state index contributed by atoms with van der Waals surface area (Å²) in [5.74, 6) is 0.132. The molecule has 1 aromatic heterocycles. The molecule has 4 rings (SSSR count). The van der Waals surface area contributed by atoms with Crippen LogP contribution in [-0.4, -0.2) is 15.3 Å². The molecular weight excluding hydrogens is 308 g/mol. The highest BCUT2D eigenvalue weighted by Gasteiger charge is 2.20. The standard InChI is InChI=1S/C22H18N2O/c25-22(18-11-5-2-6-12-18)15-21(17-9-3-1-4-10-17)24-16-23-19-13-7-8-14-20(19)24/h1-14,16,21H,15H2/t21-/m1/s1. The topological polar surface area (TPSA) is 34.9 Å². The van der Waals surface area contributed by atoms with Crippen molar-refractivity contribution in [2.75, 3.05) is 0 Å². The van der Waals surface area contributed by atoms with Gasteiger partial charge in [-0.1, -0.05) is 72.8 Å². The van der Waals surface area contributed by atoms with Gasteiger partial charge in [-0.25, -0.2) is 4.98 Å². The zero-order valence-corrected chi connectivity index (χ0v) is 13.7. The van der Waals surface area contributed by atoms with E-state index in [1.54, 1.807) is 0 Å². The molecule has 0 unspecified atom stereocenters. The van der Waals surface area contributed by atoms with Crippen LogP contribution in [-0.2, 0) is 0 Å². The van der Waals surface area contributed by atoms with Crippen LogP contribution in [0.2, 0.25) is 0 Å². The Morgan fingerprint density at radius 2 is 1.48 bits per heavy atom. The van der Waals surface area contributed by atoms with E-state index in [1.807, 2.05) is 79.1 Å². The van der Waals surface area contributed by atoms with E-state index < -0.39 is 0 Å². The zero-order valence-electron chi connectivity index (χ0n) is 13.7. The summed E-state index contributed by atoms with van der Waals surface area (Å²) < 4.78 is 2.10. The molecule has 0 saturated carbocycles. The van der Waals surface area contributed by atoms with Crippen molar-refractivity contribution in [1.82, 2.24) is 9.55 Å². The van der Waals surface area contributed by atoms with E-state index in [0.717, 1.165) is 22.2 Å². The summed E-state index contributed by atoms with van der Waals surface area (Å²) >= 11 is 0. The van der Waals surface area contributed by atoms with E-state index in [4.69, 9.17) is 0 Å². The molecule has 0 radical (unpaired) electrons. The number of ketones is 1. The van der Waals surface area contributed by atoms with Crippen LogP contribution in [0.25, 0.3) is 11.0 Å². The smallest absolute Gasteiger partial charge is 0.165 e. The average molecular weight is 326 g/mol. The van der Waals surface area contributed by atoms with Gasteiger partial charge in [-0.15, -0.1) is 0 Å². The molecule has 0 spiro atoms. The first-order chi connectivity index (χ1) is 12.3. The minimum absolute atomic E-state index is 0.0821. The Bertz CT molecular complexity index is 990. The van der Waals surface area contributed by atoms with Gasteiger partial charge in [0.15, 0.2) is 5.78 Å². The SMILES string of the molecule is O=C(C[C@H](c1ccccc1)n1cnc2ccccc21)c1ccccc1. The van der Waals surface area contributed by atoms with Crippen LogP contribution in [0.15, 0.2) is 91.3 Å². The fraction of sp³-hybridized carbons (Fsp3) is 0.0909. The Morgan fingerprint density at radius 1 is 0.840 bits per heavy atom. The Morgan fingerprint density at radius 3 is 2.24 bits per heavy atom. The maximum atomic E-state index is 12.8. The van der Waals surface area contributed by atoms with Crippen LogP contribution in [0.4, 0.5) is 0 Å². The lowest BCUT2D eigenvalue weighted by atomic mass is 9.97. The van der Waals surface area contributed by atoms with Gasteiger partial charge in [0.2, 0.25) is 0 Å². The highest BCUT2D eigenvalue weighted by Crippen LogP contribution is 2.27. The fourth-order valence-corrected chi connectivity index (χ4v) is 3.20. The molecule has 25 heavy (non-hydrogen) atoms. The number of hydrogen-bond donors (Lipinski definition) is 0. The van der Waals surface area contributed by atoms with Gasteiger partial charge in [0, 0.05) is 12.0 Å². The second-order valence-corrected chi connectivity index (χ2v) is 6.06. The molecule has 0 aliphatic heterocycles. The predicted molar refractivity (Wildman–Crippen MR) is 99.7 cm³/mol. The summed E-state index contributed by atoms with van der Waals surface area (Å²) in [6, 6.07) is 27.5. The minimum Gasteiger partial charge on any atom is -0.322 e. The van der Waals surface area contributed by atoms with Crippen molar-refractivity contribution in [2.24, 2.45) is 0 Å². The number of nitrogens with zero attached hydrogens (tertiary/aromatic N) is 2. The fourth-order valence-electron chi connectivity index (χ4n) is 3.20. The van der Waals surface area contributed by atoms with E-state index in [-0.39, 0.29) is 11.8 Å². The summed E-state index contributed by atoms with van der Waals surface area (Å²) in [5.41, 5.74) is 3.83. The van der Waals surface area contributed by atoms with E-state index in [0.29, 0.717) is 6.42 Å². The second-order valence-electron chi connectivity index (χ2n) is 6.06. The quantitative estimate of drug-likeness (QED) is 0.489. The normalized spacial score (nSPS) is 12.2. The van der Waals surface area contributed by atoms with Crippen LogP contribution in [0.3, 0.4) is 0 Å². The molecule has 122 valence electrons. The third kappa shape index (κ3) is 3.09.